The van der Waals surface area contributed by atoms with Gasteiger partial charge in [0.15, 0.2) is 0 Å². The Labute approximate surface area is 70.2 Å². The van der Waals surface area contributed by atoms with Gasteiger partial charge >= 0.3 is 46.1 Å². The predicted octanol–water partition coefficient (Wildman–Crippen LogP) is -6.75. The van der Waals surface area contributed by atoms with Gasteiger partial charge in [0, 0.05) is 0 Å². The van der Waals surface area contributed by atoms with Crippen LogP contribution in [0.5, 0.6) is 0 Å². The molecule has 0 saturated carbocycles. The molecule has 0 atom stereocenters. The molecule has 0 rings (SSSR count). The third-order valence-electron chi connectivity index (χ3n) is 0. The van der Waals surface area contributed by atoms with Gasteiger partial charge in [-0.1, -0.05) is 0 Å². The molecule has 0 amide bonds. The van der Waals surface area contributed by atoms with Crippen LogP contribution in [0.15, 0.2) is 0 Å². The molecule has 0 aromatic rings. The smallest absolute Gasteiger partial charge is 1.00 e. The molecule has 4 heavy (non-hydrogen) atoms. The second-order valence-electron chi connectivity index (χ2n) is 0. The van der Waals surface area contributed by atoms with Crippen LogP contribution in [-0.2, 0) is 0 Å². The van der Waals surface area contributed by atoms with Crippen LogP contribution in [0.3, 0.4) is 0 Å². The summed E-state index contributed by atoms with van der Waals surface area (Å²) >= 11 is 0. The van der Waals surface area contributed by atoms with Crippen molar-refractivity contribution in [2.75, 3.05) is 0 Å². The zero-order valence-corrected chi connectivity index (χ0v) is 6.51. The van der Waals surface area contributed by atoms with Gasteiger partial charge in [-0.15, -0.1) is 0 Å². The average Bonchev–Trinajstić information content (AvgIpc) is 0. The summed E-state index contributed by atoms with van der Waals surface area (Å²) in [5.74, 6) is 0. The summed E-state index contributed by atoms with van der Waals surface area (Å²) in [7, 11) is 0. The molecule has 0 aromatic carbocycles. The fraction of sp³-hybridized carbons (Fsp3) is 0. The zero-order chi connectivity index (χ0) is 0. The number of hydrogen-bond donors (Lipinski definition) is 0. The van der Waals surface area contributed by atoms with Crippen molar-refractivity contribution in [2.24, 2.45) is 0 Å². The first-order valence-corrected chi connectivity index (χ1v) is 0. The maximum absolute atomic E-state index is 0. The third-order valence-corrected chi connectivity index (χ3v) is 0. The minimum absolute atomic E-state index is 0. The maximum Gasteiger partial charge on any atom is 2.00 e. The van der Waals surface area contributed by atoms with Gasteiger partial charge in [0.2, 0.25) is 0 Å². The maximum atomic E-state index is 0. The summed E-state index contributed by atoms with van der Waals surface area (Å²) in [4.78, 5) is 0. The van der Waals surface area contributed by atoms with Crippen molar-refractivity contribution in [3.63, 3.8) is 0 Å². The first-order valence-electron chi connectivity index (χ1n) is 0. The van der Waals surface area contributed by atoms with Crippen LogP contribution < -0.4 is 24.8 Å². The summed E-state index contributed by atoms with van der Waals surface area (Å²) in [5.41, 5.74) is 0. The number of halogens is 2. The van der Waals surface area contributed by atoms with E-state index in [0.717, 1.165) is 0 Å². The van der Waals surface area contributed by atoms with Crippen molar-refractivity contribution < 1.29 is 24.8 Å². The Hall–Kier alpha value is 2.11. The molecule has 0 aliphatic heterocycles. The Morgan fingerprint density at radius 1 is 0.500 bits per heavy atom. The van der Waals surface area contributed by atoms with E-state index in [1.54, 1.807) is 0 Å². The van der Waals surface area contributed by atoms with Crippen LogP contribution in [0.25, 0.3) is 0 Å². The Morgan fingerprint density at radius 3 is 0.500 bits per heavy atom. The van der Waals surface area contributed by atoms with Gasteiger partial charge in [-0.25, -0.2) is 0 Å². The summed E-state index contributed by atoms with van der Waals surface area (Å²) in [6.07, 6.45) is 0. The monoisotopic (exact) mass is 118 g/mol. The van der Waals surface area contributed by atoms with Crippen molar-refractivity contribution in [1.82, 2.24) is 0 Å². The molecule has 0 heterocycles. The minimum atomic E-state index is 0. The average molecular weight is 120 g/mol. The zero-order valence-electron chi connectivity index (χ0n) is 2.17. The van der Waals surface area contributed by atoms with Crippen LogP contribution in [0.1, 0.15) is 0 Å². The van der Waals surface area contributed by atoms with Crippen molar-refractivity contribution in [3.8, 4) is 0 Å². The van der Waals surface area contributed by atoms with Crippen molar-refractivity contribution in [1.29, 1.82) is 0 Å². The van der Waals surface area contributed by atoms with Crippen LogP contribution in [0.4, 0.5) is 0 Å². The van der Waals surface area contributed by atoms with Gasteiger partial charge in [0.25, 0.3) is 0 Å². The SMILES string of the molecule is [Cl-].[Cl-].[Mg+2].[Mg+2]. The van der Waals surface area contributed by atoms with Gasteiger partial charge in [0.05, 0.1) is 0 Å². The summed E-state index contributed by atoms with van der Waals surface area (Å²) in [5, 5.41) is 0. The molecule has 0 fully saturated rings. The van der Waals surface area contributed by atoms with Gasteiger partial charge in [-0.05, 0) is 0 Å². The molecule has 0 aliphatic rings. The minimum Gasteiger partial charge on any atom is -1.00 e. The second kappa shape index (κ2) is 19.4. The van der Waals surface area contributed by atoms with E-state index in [0.29, 0.717) is 0 Å². The van der Waals surface area contributed by atoms with Crippen LogP contribution >= 0.6 is 0 Å². The number of rotatable bonds is 0. The fourth-order valence-electron chi connectivity index (χ4n) is 0. The quantitative estimate of drug-likeness (QED) is 0.278. The summed E-state index contributed by atoms with van der Waals surface area (Å²) in [6.45, 7) is 0. The second-order valence-corrected chi connectivity index (χ2v) is 0. The van der Waals surface area contributed by atoms with E-state index in [2.05, 4.69) is 0 Å². The molecule has 4 heteroatoms. The molecule has 0 nitrogen and oxygen atoms in total. The van der Waals surface area contributed by atoms with Crippen molar-refractivity contribution in [3.05, 3.63) is 0 Å². The van der Waals surface area contributed by atoms with E-state index in [4.69, 9.17) is 0 Å². The van der Waals surface area contributed by atoms with E-state index < -0.39 is 0 Å². The number of hydrogen-bond acceptors (Lipinski definition) is 0. The van der Waals surface area contributed by atoms with Crippen molar-refractivity contribution in [2.45, 2.75) is 0 Å². The van der Waals surface area contributed by atoms with E-state index in [1.807, 2.05) is 0 Å². The predicted molar refractivity (Wildman–Crippen MR) is 11.5 cm³/mol. The first-order chi connectivity index (χ1) is 0. The van der Waals surface area contributed by atoms with Crippen LogP contribution in [0, 0.1) is 0 Å². The Bertz CT molecular complexity index is 4.00. The molecule has 0 radical (unpaired) electrons. The molecule has 0 N–H and O–H groups in total. The van der Waals surface area contributed by atoms with Gasteiger partial charge in [0.1, 0.15) is 0 Å². The molecular formula is Cl2Mg2+2. The van der Waals surface area contributed by atoms with Crippen LogP contribution in [0.2, 0.25) is 0 Å². The standard InChI is InChI=1S/2ClH.2Mg/h2*1H;;/q;;2*+2/p-2. The molecule has 0 unspecified atom stereocenters. The molecule has 0 saturated heterocycles. The molecule has 0 spiro atoms. The van der Waals surface area contributed by atoms with Crippen molar-refractivity contribution >= 4 is 46.1 Å². The van der Waals surface area contributed by atoms with E-state index in [1.165, 1.54) is 0 Å². The van der Waals surface area contributed by atoms with Gasteiger partial charge in [-0.2, -0.15) is 0 Å². The Balaban J connectivity index is 0. The molecule has 0 aromatic heterocycles. The van der Waals surface area contributed by atoms with Gasteiger partial charge < -0.3 is 24.8 Å². The Morgan fingerprint density at radius 2 is 0.500 bits per heavy atom. The van der Waals surface area contributed by atoms with Gasteiger partial charge in [-0.3, -0.25) is 0 Å². The van der Waals surface area contributed by atoms with Crippen LogP contribution in [-0.4, -0.2) is 46.1 Å². The third kappa shape index (κ3) is 8.93. The largest absolute Gasteiger partial charge is 2.00 e. The normalized spacial score (nSPS) is 0. The van der Waals surface area contributed by atoms with E-state index in [9.17, 15) is 0 Å². The molecule has 0 bridgehead atoms. The molecular weight excluding hydrogens is 120 g/mol. The summed E-state index contributed by atoms with van der Waals surface area (Å²) < 4.78 is 0. The fourth-order valence-corrected chi connectivity index (χ4v) is 0. The van der Waals surface area contributed by atoms with E-state index in [-0.39, 0.29) is 70.9 Å². The molecule has 0 aliphatic carbocycles. The first kappa shape index (κ1) is 35.8. The topological polar surface area (TPSA) is 0 Å². The summed E-state index contributed by atoms with van der Waals surface area (Å²) in [6, 6.07) is 0. The van der Waals surface area contributed by atoms with E-state index >= 15 is 0 Å². The Kier molecular flexibility index (Phi) is 173. The molecule has 16 valence electrons.